The summed E-state index contributed by atoms with van der Waals surface area (Å²) < 4.78 is 0. The lowest BCUT2D eigenvalue weighted by atomic mass is 9.96. The SMILES string of the molecule is Clc1nc(-c2cccc(-c3ccccc3)c2)nc(-c2ccc3ccc4c5ccccc5ccc4c3c2)n1. The average Bonchev–Trinajstić information content (AvgIpc) is 2.96. The number of nitrogens with zero attached hydrogens (tertiary/aromatic N) is 3. The standard InChI is InChI=1S/C33H20ClN3/c34-33-36-31(25-11-6-10-24(19-25)21-7-2-1-3-8-21)35-32(37-33)26-14-13-23-16-17-28-27-12-5-4-9-22(27)15-18-29(28)30(23)20-26/h1-20H. The molecule has 0 aliphatic rings. The van der Waals surface area contributed by atoms with Crippen molar-refractivity contribution in [3.8, 4) is 33.9 Å². The zero-order chi connectivity index (χ0) is 24.8. The zero-order valence-corrected chi connectivity index (χ0v) is 20.5. The van der Waals surface area contributed by atoms with Crippen LogP contribution in [-0.4, -0.2) is 15.0 Å². The van der Waals surface area contributed by atoms with Gasteiger partial charge in [0.2, 0.25) is 5.28 Å². The first-order chi connectivity index (χ1) is 18.2. The van der Waals surface area contributed by atoms with Gasteiger partial charge in [0, 0.05) is 11.1 Å². The van der Waals surface area contributed by atoms with E-state index in [1.807, 2.05) is 36.4 Å². The minimum Gasteiger partial charge on any atom is -0.208 e. The lowest BCUT2D eigenvalue weighted by Crippen LogP contribution is -1.97. The van der Waals surface area contributed by atoms with Crippen molar-refractivity contribution in [1.29, 1.82) is 0 Å². The van der Waals surface area contributed by atoms with E-state index >= 15 is 0 Å². The van der Waals surface area contributed by atoms with Crippen molar-refractivity contribution in [3.63, 3.8) is 0 Å². The van der Waals surface area contributed by atoms with E-state index in [1.54, 1.807) is 0 Å². The maximum Gasteiger partial charge on any atom is 0.226 e. The molecule has 1 aromatic heterocycles. The van der Waals surface area contributed by atoms with E-state index in [9.17, 15) is 0 Å². The van der Waals surface area contributed by atoms with Gasteiger partial charge in [0.05, 0.1) is 0 Å². The molecule has 0 fully saturated rings. The molecule has 6 aromatic carbocycles. The van der Waals surface area contributed by atoms with Crippen molar-refractivity contribution >= 4 is 43.9 Å². The summed E-state index contributed by atoms with van der Waals surface area (Å²) in [6, 6.07) is 42.0. The second-order valence-electron chi connectivity index (χ2n) is 9.08. The van der Waals surface area contributed by atoms with Crippen LogP contribution in [0, 0.1) is 0 Å². The van der Waals surface area contributed by atoms with E-state index in [4.69, 9.17) is 16.6 Å². The Bertz CT molecular complexity index is 1950. The molecule has 0 radical (unpaired) electrons. The number of rotatable bonds is 3. The second kappa shape index (κ2) is 8.81. The molecule has 0 atom stereocenters. The molecule has 0 spiro atoms. The highest BCUT2D eigenvalue weighted by molar-refractivity contribution is 6.28. The summed E-state index contributed by atoms with van der Waals surface area (Å²) in [5.41, 5.74) is 4.03. The molecule has 0 aliphatic carbocycles. The van der Waals surface area contributed by atoms with Gasteiger partial charge >= 0.3 is 0 Å². The monoisotopic (exact) mass is 493 g/mol. The average molecular weight is 494 g/mol. The number of hydrogen-bond acceptors (Lipinski definition) is 3. The smallest absolute Gasteiger partial charge is 0.208 e. The molecule has 7 aromatic rings. The molecule has 4 heteroatoms. The fourth-order valence-corrected chi connectivity index (χ4v) is 5.19. The minimum absolute atomic E-state index is 0.175. The summed E-state index contributed by atoms with van der Waals surface area (Å²) in [5, 5.41) is 7.42. The molecular weight excluding hydrogens is 474 g/mol. The van der Waals surface area contributed by atoms with Gasteiger partial charge in [0.15, 0.2) is 11.6 Å². The predicted octanol–water partition coefficient (Wildman–Crippen LogP) is 8.99. The summed E-state index contributed by atoms with van der Waals surface area (Å²) in [4.78, 5) is 13.8. The van der Waals surface area contributed by atoms with Crippen LogP contribution in [0.25, 0.3) is 66.2 Å². The summed E-state index contributed by atoms with van der Waals surface area (Å²) in [7, 11) is 0. The van der Waals surface area contributed by atoms with Gasteiger partial charge < -0.3 is 0 Å². The molecule has 37 heavy (non-hydrogen) atoms. The number of hydrogen-bond donors (Lipinski definition) is 0. The quantitative estimate of drug-likeness (QED) is 0.230. The van der Waals surface area contributed by atoms with E-state index in [-0.39, 0.29) is 5.28 Å². The van der Waals surface area contributed by atoms with Crippen molar-refractivity contribution in [2.45, 2.75) is 0 Å². The van der Waals surface area contributed by atoms with Gasteiger partial charge in [-0.2, -0.15) is 9.97 Å². The van der Waals surface area contributed by atoms with Gasteiger partial charge in [-0.25, -0.2) is 4.98 Å². The van der Waals surface area contributed by atoms with Crippen LogP contribution in [-0.2, 0) is 0 Å². The van der Waals surface area contributed by atoms with E-state index < -0.39 is 0 Å². The molecule has 7 rings (SSSR count). The summed E-state index contributed by atoms with van der Waals surface area (Å²) in [6.45, 7) is 0. The third kappa shape index (κ3) is 3.90. The molecule has 0 aliphatic heterocycles. The molecule has 0 N–H and O–H groups in total. The van der Waals surface area contributed by atoms with Crippen LogP contribution >= 0.6 is 11.6 Å². The minimum atomic E-state index is 0.175. The highest BCUT2D eigenvalue weighted by atomic mass is 35.5. The van der Waals surface area contributed by atoms with Gasteiger partial charge in [-0.15, -0.1) is 0 Å². The Morgan fingerprint density at radius 1 is 0.378 bits per heavy atom. The first kappa shape index (κ1) is 21.7. The van der Waals surface area contributed by atoms with Crippen LogP contribution in [0.4, 0.5) is 0 Å². The molecule has 0 unspecified atom stereocenters. The topological polar surface area (TPSA) is 38.7 Å². The summed E-state index contributed by atoms with van der Waals surface area (Å²) >= 11 is 6.42. The molecule has 1 heterocycles. The number of aromatic nitrogens is 3. The maximum atomic E-state index is 6.42. The van der Waals surface area contributed by atoms with Crippen LogP contribution in [0.15, 0.2) is 121 Å². The normalized spacial score (nSPS) is 11.4. The van der Waals surface area contributed by atoms with Gasteiger partial charge in [-0.05, 0) is 67.2 Å². The summed E-state index contributed by atoms with van der Waals surface area (Å²) in [5.74, 6) is 1.11. The fraction of sp³-hybridized carbons (Fsp3) is 0. The van der Waals surface area contributed by atoms with Gasteiger partial charge in [-0.1, -0.05) is 109 Å². The third-order valence-corrected chi connectivity index (χ3v) is 7.01. The molecule has 174 valence electrons. The van der Waals surface area contributed by atoms with Gasteiger partial charge in [-0.3, -0.25) is 0 Å². The van der Waals surface area contributed by atoms with Gasteiger partial charge in [0.25, 0.3) is 0 Å². The highest BCUT2D eigenvalue weighted by Gasteiger charge is 2.12. The Morgan fingerprint density at radius 2 is 0.973 bits per heavy atom. The van der Waals surface area contributed by atoms with Crippen molar-refractivity contribution in [1.82, 2.24) is 15.0 Å². The largest absolute Gasteiger partial charge is 0.226 e. The molecule has 0 amide bonds. The Kier molecular flexibility index (Phi) is 5.16. The fourth-order valence-electron chi connectivity index (χ4n) is 5.03. The second-order valence-corrected chi connectivity index (χ2v) is 9.42. The maximum absolute atomic E-state index is 6.42. The zero-order valence-electron chi connectivity index (χ0n) is 19.8. The van der Waals surface area contributed by atoms with E-state index in [0.717, 1.165) is 27.6 Å². The Hall–Kier alpha value is -4.60. The first-order valence-electron chi connectivity index (χ1n) is 12.1. The van der Waals surface area contributed by atoms with Crippen molar-refractivity contribution in [2.75, 3.05) is 0 Å². The lowest BCUT2D eigenvalue weighted by Gasteiger charge is -2.10. The van der Waals surface area contributed by atoms with E-state index in [1.165, 1.54) is 26.9 Å². The third-order valence-electron chi connectivity index (χ3n) is 6.84. The van der Waals surface area contributed by atoms with Crippen LogP contribution in [0.3, 0.4) is 0 Å². The molecule has 3 nitrogen and oxygen atoms in total. The van der Waals surface area contributed by atoms with Crippen LogP contribution in [0.1, 0.15) is 0 Å². The molecule has 0 saturated heterocycles. The number of halogens is 1. The van der Waals surface area contributed by atoms with Gasteiger partial charge in [0.1, 0.15) is 0 Å². The Balaban J connectivity index is 1.37. The van der Waals surface area contributed by atoms with Crippen molar-refractivity contribution in [3.05, 3.63) is 127 Å². The van der Waals surface area contributed by atoms with E-state index in [0.29, 0.717) is 11.6 Å². The van der Waals surface area contributed by atoms with Crippen molar-refractivity contribution in [2.24, 2.45) is 0 Å². The summed E-state index contributed by atoms with van der Waals surface area (Å²) in [6.07, 6.45) is 0. The lowest BCUT2D eigenvalue weighted by molar-refractivity contribution is 1.07. The Morgan fingerprint density at radius 3 is 1.78 bits per heavy atom. The van der Waals surface area contributed by atoms with Crippen molar-refractivity contribution < 1.29 is 0 Å². The van der Waals surface area contributed by atoms with Crippen LogP contribution in [0.2, 0.25) is 5.28 Å². The molecular formula is C33H20ClN3. The number of benzene rings is 6. The first-order valence-corrected chi connectivity index (χ1v) is 12.5. The molecule has 0 saturated carbocycles. The van der Waals surface area contributed by atoms with E-state index in [2.05, 4.69) is 94.9 Å². The number of fused-ring (bicyclic) bond motifs is 5. The van der Waals surface area contributed by atoms with Crippen LogP contribution in [0.5, 0.6) is 0 Å². The highest BCUT2D eigenvalue weighted by Crippen LogP contribution is 2.34. The van der Waals surface area contributed by atoms with Crippen LogP contribution < -0.4 is 0 Å². The molecule has 0 bridgehead atoms. The Labute approximate surface area is 219 Å². The predicted molar refractivity (Wildman–Crippen MR) is 154 cm³/mol.